The Kier molecular flexibility index (Phi) is 5.11. The van der Waals surface area contributed by atoms with Crippen molar-refractivity contribution in [3.8, 4) is 22.8 Å². The Morgan fingerprint density at radius 3 is 2.73 bits per heavy atom. The minimum atomic E-state index is 0.283. The molecular weight excluding hydrogens is 378 g/mol. The van der Waals surface area contributed by atoms with E-state index >= 15 is 0 Å². The Labute approximate surface area is 175 Å². The van der Waals surface area contributed by atoms with Gasteiger partial charge in [0.15, 0.2) is 0 Å². The first-order chi connectivity index (χ1) is 14.8. The number of fused-ring (bicyclic) bond motifs is 3. The minimum Gasteiger partial charge on any atom is -0.493 e. The molecule has 0 atom stereocenters. The number of anilines is 2. The van der Waals surface area contributed by atoms with E-state index in [1.165, 1.54) is 0 Å². The lowest BCUT2D eigenvalue weighted by molar-refractivity contribution is 0.303. The van der Waals surface area contributed by atoms with Crippen LogP contribution in [0.15, 0.2) is 48.5 Å². The van der Waals surface area contributed by atoms with E-state index in [1.807, 2.05) is 36.4 Å². The zero-order valence-corrected chi connectivity index (χ0v) is 16.8. The van der Waals surface area contributed by atoms with Gasteiger partial charge in [0.25, 0.3) is 0 Å². The minimum absolute atomic E-state index is 0.283. The molecule has 7 heteroatoms. The summed E-state index contributed by atoms with van der Waals surface area (Å²) in [4.78, 5) is 11.5. The number of nitrogen functional groups attached to an aromatic ring is 1. The van der Waals surface area contributed by atoms with Crippen LogP contribution in [0.25, 0.3) is 11.3 Å². The Bertz CT molecular complexity index is 1040. The third-order valence-electron chi connectivity index (χ3n) is 5.48. The van der Waals surface area contributed by atoms with Crippen LogP contribution in [-0.4, -0.2) is 42.8 Å². The van der Waals surface area contributed by atoms with Gasteiger partial charge in [-0.05, 0) is 23.8 Å². The van der Waals surface area contributed by atoms with Crippen molar-refractivity contribution in [3.63, 3.8) is 0 Å². The van der Waals surface area contributed by atoms with Crippen LogP contribution >= 0.6 is 0 Å². The number of nitrogens with two attached hydrogens (primary N) is 1. The third kappa shape index (κ3) is 3.76. The molecule has 0 spiro atoms. The molecule has 0 aliphatic carbocycles. The van der Waals surface area contributed by atoms with Crippen molar-refractivity contribution in [1.82, 2.24) is 15.3 Å². The van der Waals surface area contributed by atoms with Crippen LogP contribution < -0.4 is 25.4 Å². The quantitative estimate of drug-likeness (QED) is 0.693. The topological polar surface area (TPSA) is 85.5 Å². The van der Waals surface area contributed by atoms with Crippen LogP contribution in [0.5, 0.6) is 11.5 Å². The molecule has 0 saturated carbocycles. The van der Waals surface area contributed by atoms with E-state index in [2.05, 4.69) is 32.3 Å². The van der Waals surface area contributed by atoms with Crippen LogP contribution in [0.1, 0.15) is 11.1 Å². The predicted molar refractivity (Wildman–Crippen MR) is 117 cm³/mol. The fourth-order valence-corrected chi connectivity index (χ4v) is 3.99. The number of nitrogens with one attached hydrogen (secondary N) is 1. The lowest BCUT2D eigenvalue weighted by atomic mass is 10.0. The molecule has 3 N–H and O–H groups in total. The van der Waals surface area contributed by atoms with Gasteiger partial charge in [0.2, 0.25) is 5.95 Å². The molecule has 1 fully saturated rings. The lowest BCUT2D eigenvalue weighted by Crippen LogP contribution is -2.44. The number of hydrogen-bond acceptors (Lipinski definition) is 7. The molecule has 7 nitrogen and oxygen atoms in total. The van der Waals surface area contributed by atoms with Crippen molar-refractivity contribution in [2.45, 2.75) is 13.0 Å². The molecule has 5 rings (SSSR count). The number of rotatable bonds is 4. The summed E-state index contributed by atoms with van der Waals surface area (Å²) in [6, 6.07) is 16.0. The molecular formula is C23H25N5O2. The van der Waals surface area contributed by atoms with E-state index in [0.717, 1.165) is 72.3 Å². The van der Waals surface area contributed by atoms with Crippen molar-refractivity contribution >= 4 is 11.8 Å². The first-order valence-electron chi connectivity index (χ1n) is 10.3. The van der Waals surface area contributed by atoms with E-state index < -0.39 is 0 Å². The Morgan fingerprint density at radius 1 is 1.07 bits per heavy atom. The first kappa shape index (κ1) is 18.7. The molecule has 0 radical (unpaired) electrons. The Balaban J connectivity index is 1.51. The van der Waals surface area contributed by atoms with Crippen LogP contribution in [0.2, 0.25) is 0 Å². The predicted octanol–water partition coefficient (Wildman–Crippen LogP) is 2.65. The van der Waals surface area contributed by atoms with Crippen molar-refractivity contribution < 1.29 is 9.47 Å². The van der Waals surface area contributed by atoms with Gasteiger partial charge in [-0.25, -0.2) is 4.98 Å². The second-order valence-corrected chi connectivity index (χ2v) is 7.50. The number of hydrogen-bond donors (Lipinski definition) is 2. The largest absolute Gasteiger partial charge is 0.493 e. The van der Waals surface area contributed by atoms with Gasteiger partial charge in [-0.15, -0.1) is 0 Å². The summed E-state index contributed by atoms with van der Waals surface area (Å²) in [7, 11) is 0. The zero-order chi connectivity index (χ0) is 20.3. The molecule has 0 amide bonds. The summed E-state index contributed by atoms with van der Waals surface area (Å²) in [6.45, 7) is 4.75. The Morgan fingerprint density at radius 2 is 1.90 bits per heavy atom. The van der Waals surface area contributed by atoms with Crippen molar-refractivity contribution in [2.75, 3.05) is 43.4 Å². The van der Waals surface area contributed by atoms with Crippen LogP contribution in [-0.2, 0) is 13.0 Å². The lowest BCUT2D eigenvalue weighted by Gasteiger charge is -2.30. The summed E-state index contributed by atoms with van der Waals surface area (Å²) in [5.74, 6) is 2.77. The van der Waals surface area contributed by atoms with E-state index in [-0.39, 0.29) is 5.95 Å². The fraction of sp³-hybridized carbons (Fsp3) is 0.304. The van der Waals surface area contributed by atoms with Gasteiger partial charge < -0.3 is 25.4 Å². The fourth-order valence-electron chi connectivity index (χ4n) is 3.99. The molecule has 0 unspecified atom stereocenters. The monoisotopic (exact) mass is 403 g/mol. The molecule has 3 heterocycles. The molecule has 0 bridgehead atoms. The van der Waals surface area contributed by atoms with E-state index in [1.54, 1.807) is 0 Å². The maximum Gasteiger partial charge on any atom is 0.222 e. The SMILES string of the molecule is Nc1nc2c(c(N3CCNCC3)n1)CCOc1ccc(OCc3ccccc3)cc1-2. The normalized spacial score (nSPS) is 15.5. The van der Waals surface area contributed by atoms with Gasteiger partial charge in [0.05, 0.1) is 12.3 Å². The first-order valence-corrected chi connectivity index (χ1v) is 10.3. The second-order valence-electron chi connectivity index (χ2n) is 7.50. The van der Waals surface area contributed by atoms with Gasteiger partial charge in [0.1, 0.15) is 23.9 Å². The average Bonchev–Trinajstić information content (AvgIpc) is 2.97. The van der Waals surface area contributed by atoms with Gasteiger partial charge in [0, 0.05) is 43.7 Å². The van der Waals surface area contributed by atoms with Gasteiger partial charge in [-0.1, -0.05) is 30.3 Å². The van der Waals surface area contributed by atoms with Crippen molar-refractivity contribution in [2.24, 2.45) is 0 Å². The molecule has 30 heavy (non-hydrogen) atoms. The molecule has 2 aliphatic rings. The second kappa shape index (κ2) is 8.20. The van der Waals surface area contributed by atoms with Crippen molar-refractivity contribution in [1.29, 1.82) is 0 Å². The number of nitrogens with zero attached hydrogens (tertiary/aromatic N) is 3. The van der Waals surface area contributed by atoms with E-state index in [0.29, 0.717) is 13.2 Å². The van der Waals surface area contributed by atoms with Gasteiger partial charge >= 0.3 is 0 Å². The summed E-state index contributed by atoms with van der Waals surface area (Å²) in [6.07, 6.45) is 0.740. The number of ether oxygens (including phenoxy) is 2. The molecule has 1 saturated heterocycles. The zero-order valence-electron chi connectivity index (χ0n) is 16.8. The number of benzene rings is 2. The summed E-state index contributed by atoms with van der Waals surface area (Å²) in [5, 5.41) is 3.38. The standard InChI is InChI=1S/C23H25N5O2/c24-23-26-21-18(22(27-23)28-11-9-25-10-12-28)8-13-29-20-7-6-17(14-19(20)21)30-15-16-4-2-1-3-5-16/h1-7,14,25H,8-13,15H2,(H2,24,26,27). The number of aromatic nitrogens is 2. The summed E-state index contributed by atoms with van der Waals surface area (Å²) < 4.78 is 12.1. The van der Waals surface area contributed by atoms with Crippen LogP contribution in [0.4, 0.5) is 11.8 Å². The molecule has 154 valence electrons. The molecule has 1 aromatic heterocycles. The van der Waals surface area contributed by atoms with Crippen LogP contribution in [0, 0.1) is 0 Å². The molecule has 2 aliphatic heterocycles. The maximum atomic E-state index is 6.13. The summed E-state index contributed by atoms with van der Waals surface area (Å²) in [5.41, 5.74) is 10.1. The highest BCUT2D eigenvalue weighted by Gasteiger charge is 2.25. The highest BCUT2D eigenvalue weighted by molar-refractivity contribution is 5.77. The van der Waals surface area contributed by atoms with Gasteiger partial charge in [-0.2, -0.15) is 4.98 Å². The maximum absolute atomic E-state index is 6.13. The molecule has 3 aromatic rings. The van der Waals surface area contributed by atoms with E-state index in [4.69, 9.17) is 15.2 Å². The van der Waals surface area contributed by atoms with Crippen LogP contribution in [0.3, 0.4) is 0 Å². The smallest absolute Gasteiger partial charge is 0.222 e. The van der Waals surface area contributed by atoms with E-state index in [9.17, 15) is 0 Å². The number of piperazine rings is 1. The Hall–Kier alpha value is -3.32. The van der Waals surface area contributed by atoms with Crippen molar-refractivity contribution in [3.05, 3.63) is 59.7 Å². The third-order valence-corrected chi connectivity index (χ3v) is 5.48. The summed E-state index contributed by atoms with van der Waals surface area (Å²) >= 11 is 0. The molecule has 2 aromatic carbocycles. The average molecular weight is 403 g/mol. The van der Waals surface area contributed by atoms with Gasteiger partial charge in [-0.3, -0.25) is 0 Å². The highest BCUT2D eigenvalue weighted by Crippen LogP contribution is 2.40. The highest BCUT2D eigenvalue weighted by atomic mass is 16.5.